The normalized spacial score (nSPS) is 10.9. The lowest BCUT2D eigenvalue weighted by Gasteiger charge is -2.12. The molecule has 6 aromatic rings. The number of para-hydroxylation sites is 2. The monoisotopic (exact) mass is 516 g/mol. The largest absolute Gasteiger partial charge is 0.497 e. The molecule has 9 heteroatoms. The van der Waals surface area contributed by atoms with Gasteiger partial charge in [0.15, 0.2) is 17.3 Å². The Hall–Kier alpha value is -5.44. The van der Waals surface area contributed by atoms with Crippen LogP contribution in [0.1, 0.15) is 10.4 Å². The maximum absolute atomic E-state index is 12.8. The number of hydrogen-bond donors (Lipinski definition) is 2. The second-order valence-corrected chi connectivity index (χ2v) is 8.74. The Labute approximate surface area is 224 Å². The van der Waals surface area contributed by atoms with Crippen molar-refractivity contribution in [3.05, 3.63) is 103 Å². The summed E-state index contributed by atoms with van der Waals surface area (Å²) in [6.45, 7) is 0. The molecule has 39 heavy (non-hydrogen) atoms. The molecule has 0 saturated carbocycles. The van der Waals surface area contributed by atoms with Crippen molar-refractivity contribution in [2.75, 3.05) is 24.9 Å². The molecular weight excluding hydrogens is 492 g/mol. The van der Waals surface area contributed by atoms with Gasteiger partial charge >= 0.3 is 0 Å². The molecule has 2 heterocycles. The van der Waals surface area contributed by atoms with Crippen LogP contribution in [0, 0.1) is 0 Å². The first kappa shape index (κ1) is 23.9. The third-order valence-electron chi connectivity index (χ3n) is 6.38. The van der Waals surface area contributed by atoms with Gasteiger partial charge < -0.3 is 20.1 Å². The number of aromatic nitrogens is 4. The Kier molecular flexibility index (Phi) is 6.22. The molecule has 4 aromatic carbocycles. The van der Waals surface area contributed by atoms with Gasteiger partial charge in [-0.15, -0.1) is 15.3 Å². The summed E-state index contributed by atoms with van der Waals surface area (Å²) in [6, 6.07) is 30.0. The number of anilines is 3. The van der Waals surface area contributed by atoms with Gasteiger partial charge in [0.05, 0.1) is 19.9 Å². The number of methoxy groups -OCH3 is 2. The van der Waals surface area contributed by atoms with Crippen molar-refractivity contribution in [3.8, 4) is 22.9 Å². The van der Waals surface area contributed by atoms with E-state index in [-0.39, 0.29) is 5.91 Å². The highest BCUT2D eigenvalue weighted by Crippen LogP contribution is 2.30. The fourth-order valence-corrected chi connectivity index (χ4v) is 4.38. The maximum atomic E-state index is 12.8. The van der Waals surface area contributed by atoms with Crippen molar-refractivity contribution >= 4 is 39.5 Å². The molecule has 192 valence electrons. The quantitative estimate of drug-likeness (QED) is 0.270. The van der Waals surface area contributed by atoms with Crippen LogP contribution in [0.2, 0.25) is 0 Å². The van der Waals surface area contributed by atoms with Gasteiger partial charge in [0, 0.05) is 27.6 Å². The molecule has 0 aliphatic rings. The molecule has 0 fully saturated rings. The van der Waals surface area contributed by atoms with E-state index in [0.29, 0.717) is 34.3 Å². The third-order valence-corrected chi connectivity index (χ3v) is 6.38. The molecule has 0 unspecified atom stereocenters. The Morgan fingerprint density at radius 3 is 2.23 bits per heavy atom. The lowest BCUT2D eigenvalue weighted by Crippen LogP contribution is -2.12. The first-order valence-corrected chi connectivity index (χ1v) is 12.2. The maximum Gasteiger partial charge on any atom is 0.255 e. The Bertz CT molecular complexity index is 1800. The standard InChI is InChI=1S/C30H24N6O3/c1-38-22-17-13-19(14-18-22)28-33-34-29-24-8-4-3-7-23(24)27(35-36(28)29)31-21-15-11-20(12-16-21)30(37)32-25-9-5-6-10-26(25)39-2/h3-18H,1-2H3,(H,31,35)(H,32,37). The molecular formula is C30H24N6O3. The first-order valence-electron chi connectivity index (χ1n) is 12.2. The predicted molar refractivity (Wildman–Crippen MR) is 151 cm³/mol. The third kappa shape index (κ3) is 4.57. The van der Waals surface area contributed by atoms with Crippen LogP contribution in [-0.4, -0.2) is 39.9 Å². The molecule has 0 aliphatic carbocycles. The van der Waals surface area contributed by atoms with E-state index < -0.39 is 0 Å². The number of amides is 1. The smallest absolute Gasteiger partial charge is 0.255 e. The lowest BCUT2D eigenvalue weighted by molar-refractivity contribution is 0.102. The highest BCUT2D eigenvalue weighted by atomic mass is 16.5. The fourth-order valence-electron chi connectivity index (χ4n) is 4.38. The minimum Gasteiger partial charge on any atom is -0.497 e. The number of nitrogens with one attached hydrogen (secondary N) is 2. The van der Waals surface area contributed by atoms with Gasteiger partial charge in [0.1, 0.15) is 11.5 Å². The van der Waals surface area contributed by atoms with Gasteiger partial charge in [-0.1, -0.05) is 36.4 Å². The molecule has 0 radical (unpaired) electrons. The van der Waals surface area contributed by atoms with Crippen molar-refractivity contribution in [2.24, 2.45) is 0 Å². The van der Waals surface area contributed by atoms with Crippen molar-refractivity contribution < 1.29 is 14.3 Å². The van der Waals surface area contributed by atoms with E-state index in [2.05, 4.69) is 20.8 Å². The lowest BCUT2D eigenvalue weighted by atomic mass is 10.1. The number of nitrogens with zero attached hydrogens (tertiary/aromatic N) is 4. The van der Waals surface area contributed by atoms with E-state index in [1.165, 1.54) is 0 Å². The van der Waals surface area contributed by atoms with Crippen molar-refractivity contribution in [3.63, 3.8) is 0 Å². The molecule has 6 rings (SSSR count). The summed E-state index contributed by atoms with van der Waals surface area (Å²) in [5.41, 5.74) is 3.42. The van der Waals surface area contributed by atoms with Crippen LogP contribution in [0.25, 0.3) is 27.8 Å². The zero-order valence-corrected chi connectivity index (χ0v) is 21.3. The molecule has 0 atom stereocenters. The van der Waals surface area contributed by atoms with Crippen LogP contribution >= 0.6 is 0 Å². The Morgan fingerprint density at radius 2 is 1.49 bits per heavy atom. The molecule has 0 saturated heterocycles. The number of ether oxygens (including phenoxy) is 2. The molecule has 0 bridgehead atoms. The zero-order valence-electron chi connectivity index (χ0n) is 21.3. The molecule has 0 aliphatic heterocycles. The average molecular weight is 517 g/mol. The highest BCUT2D eigenvalue weighted by Gasteiger charge is 2.16. The number of fused-ring (bicyclic) bond motifs is 3. The van der Waals surface area contributed by atoms with Crippen LogP contribution in [0.5, 0.6) is 11.5 Å². The molecule has 1 amide bonds. The number of carbonyl (C=O) groups excluding carboxylic acids is 1. The minimum absolute atomic E-state index is 0.232. The van der Waals surface area contributed by atoms with E-state index in [4.69, 9.17) is 14.6 Å². The minimum atomic E-state index is -0.232. The molecule has 0 spiro atoms. The summed E-state index contributed by atoms with van der Waals surface area (Å²) in [7, 11) is 3.20. The number of rotatable bonds is 7. The van der Waals surface area contributed by atoms with Gasteiger partial charge in [0.2, 0.25) is 0 Å². The molecule has 2 aromatic heterocycles. The van der Waals surface area contributed by atoms with Gasteiger partial charge in [-0.05, 0) is 60.7 Å². The molecule has 2 N–H and O–H groups in total. The highest BCUT2D eigenvalue weighted by molar-refractivity contribution is 6.05. The van der Waals surface area contributed by atoms with Gasteiger partial charge in [0.25, 0.3) is 5.91 Å². The van der Waals surface area contributed by atoms with Gasteiger partial charge in [-0.25, -0.2) is 0 Å². The number of benzene rings is 4. The number of hydrogen-bond acceptors (Lipinski definition) is 7. The summed E-state index contributed by atoms with van der Waals surface area (Å²) >= 11 is 0. The van der Waals surface area contributed by atoms with E-state index in [9.17, 15) is 4.79 Å². The topological polar surface area (TPSA) is 103 Å². The zero-order chi connectivity index (χ0) is 26.8. The average Bonchev–Trinajstić information content (AvgIpc) is 3.42. The van der Waals surface area contributed by atoms with E-state index in [1.807, 2.05) is 72.8 Å². The first-order chi connectivity index (χ1) is 19.1. The van der Waals surface area contributed by atoms with Crippen LogP contribution in [-0.2, 0) is 0 Å². The van der Waals surface area contributed by atoms with Crippen LogP contribution in [0.15, 0.2) is 97.1 Å². The summed E-state index contributed by atoms with van der Waals surface area (Å²) in [4.78, 5) is 12.8. The van der Waals surface area contributed by atoms with Crippen molar-refractivity contribution in [1.82, 2.24) is 19.8 Å². The number of carbonyl (C=O) groups is 1. The van der Waals surface area contributed by atoms with E-state index >= 15 is 0 Å². The Morgan fingerprint density at radius 1 is 0.769 bits per heavy atom. The van der Waals surface area contributed by atoms with Crippen LogP contribution in [0.3, 0.4) is 0 Å². The predicted octanol–water partition coefficient (Wildman–Crippen LogP) is 5.96. The Balaban J connectivity index is 1.32. The summed E-state index contributed by atoms with van der Waals surface area (Å²) in [6.07, 6.45) is 0. The van der Waals surface area contributed by atoms with Crippen molar-refractivity contribution in [1.29, 1.82) is 0 Å². The van der Waals surface area contributed by atoms with Crippen molar-refractivity contribution in [2.45, 2.75) is 0 Å². The van der Waals surface area contributed by atoms with Crippen LogP contribution < -0.4 is 20.1 Å². The SMILES string of the molecule is COc1ccc(-c2nnc3c4ccccc4c(Nc4ccc(C(=O)Nc5ccccc5OC)cc4)nn23)cc1. The summed E-state index contributed by atoms with van der Waals surface area (Å²) in [5, 5.41) is 21.8. The van der Waals surface area contributed by atoms with E-state index in [0.717, 1.165) is 27.8 Å². The fraction of sp³-hybridized carbons (Fsp3) is 0.0667. The van der Waals surface area contributed by atoms with Crippen LogP contribution in [0.4, 0.5) is 17.2 Å². The second-order valence-electron chi connectivity index (χ2n) is 8.74. The second kappa shape index (κ2) is 10.1. The molecule has 9 nitrogen and oxygen atoms in total. The van der Waals surface area contributed by atoms with Gasteiger partial charge in [-0.3, -0.25) is 4.79 Å². The van der Waals surface area contributed by atoms with E-state index in [1.54, 1.807) is 43.0 Å². The summed E-state index contributed by atoms with van der Waals surface area (Å²) < 4.78 is 12.3. The summed E-state index contributed by atoms with van der Waals surface area (Å²) in [5.74, 6) is 2.38. The van der Waals surface area contributed by atoms with Gasteiger partial charge in [-0.2, -0.15) is 4.52 Å².